The van der Waals surface area contributed by atoms with Crippen molar-refractivity contribution in [1.29, 1.82) is 0 Å². The maximum atomic E-state index is 11.3. The van der Waals surface area contributed by atoms with Gasteiger partial charge in [0, 0.05) is 23.3 Å². The molecule has 0 saturated carbocycles. The number of rotatable bonds is 4. The van der Waals surface area contributed by atoms with Gasteiger partial charge in [0.2, 0.25) is 0 Å². The summed E-state index contributed by atoms with van der Waals surface area (Å²) in [6.45, 7) is 0. The van der Waals surface area contributed by atoms with E-state index in [2.05, 4.69) is 9.97 Å². The standard InChI is InChI=1S/C16H11N3O3S/c20-14(21)7-11-15(10-3-1-5-17-8-10)18-16-19(11)12(9-23-16)13-4-2-6-22-13/h1-6,8-9H,7H2,(H,20,21). The molecule has 0 aliphatic heterocycles. The van der Waals surface area contributed by atoms with Crippen molar-refractivity contribution in [2.75, 3.05) is 0 Å². The molecule has 23 heavy (non-hydrogen) atoms. The van der Waals surface area contributed by atoms with Crippen LogP contribution in [0.2, 0.25) is 0 Å². The fraction of sp³-hybridized carbons (Fsp3) is 0.0625. The summed E-state index contributed by atoms with van der Waals surface area (Å²) in [5.74, 6) is -0.230. The fourth-order valence-corrected chi connectivity index (χ4v) is 3.45. The third-order valence-corrected chi connectivity index (χ3v) is 4.31. The van der Waals surface area contributed by atoms with Crippen LogP contribution in [0.5, 0.6) is 0 Å². The summed E-state index contributed by atoms with van der Waals surface area (Å²) >= 11 is 1.45. The smallest absolute Gasteiger partial charge is 0.309 e. The van der Waals surface area contributed by atoms with Crippen molar-refractivity contribution in [1.82, 2.24) is 14.4 Å². The van der Waals surface area contributed by atoms with E-state index in [0.29, 0.717) is 17.1 Å². The van der Waals surface area contributed by atoms with E-state index in [1.54, 1.807) is 30.8 Å². The molecule has 4 rings (SSSR count). The van der Waals surface area contributed by atoms with Gasteiger partial charge in [0.1, 0.15) is 5.69 Å². The van der Waals surface area contributed by atoms with Crippen molar-refractivity contribution in [3.05, 3.63) is 54.0 Å². The average molecular weight is 325 g/mol. The number of carboxylic acids is 1. The van der Waals surface area contributed by atoms with E-state index < -0.39 is 5.97 Å². The number of imidazole rings is 1. The summed E-state index contributed by atoms with van der Waals surface area (Å²) in [5, 5.41) is 11.2. The van der Waals surface area contributed by atoms with Crippen LogP contribution in [0, 0.1) is 0 Å². The summed E-state index contributed by atoms with van der Waals surface area (Å²) in [6.07, 6.45) is 4.82. The first-order valence-electron chi connectivity index (χ1n) is 6.89. The number of furan rings is 1. The number of carbonyl (C=O) groups is 1. The maximum absolute atomic E-state index is 11.3. The number of thiazole rings is 1. The van der Waals surface area contributed by atoms with Crippen LogP contribution < -0.4 is 0 Å². The summed E-state index contributed by atoms with van der Waals surface area (Å²) in [6, 6.07) is 7.32. The molecule has 6 nitrogen and oxygen atoms in total. The molecule has 0 aromatic carbocycles. The van der Waals surface area contributed by atoms with Crippen molar-refractivity contribution in [2.24, 2.45) is 0 Å². The number of carboxylic acid groups (broad SMARTS) is 1. The molecule has 0 radical (unpaired) electrons. The van der Waals surface area contributed by atoms with Gasteiger partial charge >= 0.3 is 5.97 Å². The lowest BCUT2D eigenvalue weighted by molar-refractivity contribution is -0.136. The number of aromatic nitrogens is 3. The van der Waals surface area contributed by atoms with Gasteiger partial charge < -0.3 is 9.52 Å². The Morgan fingerprint density at radius 2 is 2.26 bits per heavy atom. The first-order valence-corrected chi connectivity index (χ1v) is 7.77. The summed E-state index contributed by atoms with van der Waals surface area (Å²) < 4.78 is 7.31. The van der Waals surface area contributed by atoms with E-state index in [4.69, 9.17) is 4.42 Å². The van der Waals surface area contributed by atoms with Crippen molar-refractivity contribution in [2.45, 2.75) is 6.42 Å². The van der Waals surface area contributed by atoms with E-state index in [0.717, 1.165) is 16.2 Å². The van der Waals surface area contributed by atoms with Gasteiger partial charge in [-0.1, -0.05) is 0 Å². The van der Waals surface area contributed by atoms with Crippen LogP contribution in [0.4, 0.5) is 0 Å². The molecular formula is C16H11N3O3S. The Bertz CT molecular complexity index is 971. The number of aliphatic carboxylic acids is 1. The lowest BCUT2D eigenvalue weighted by atomic mass is 10.1. The van der Waals surface area contributed by atoms with Crippen molar-refractivity contribution in [3.8, 4) is 22.7 Å². The second kappa shape index (κ2) is 5.36. The van der Waals surface area contributed by atoms with E-state index in [1.807, 2.05) is 21.9 Å². The van der Waals surface area contributed by atoms with Crippen LogP contribution in [-0.2, 0) is 11.2 Å². The van der Waals surface area contributed by atoms with Gasteiger partial charge in [0.05, 0.1) is 24.1 Å². The van der Waals surface area contributed by atoms with Gasteiger partial charge in [0.15, 0.2) is 10.7 Å². The van der Waals surface area contributed by atoms with Gasteiger partial charge in [-0.05, 0) is 24.3 Å². The zero-order valence-electron chi connectivity index (χ0n) is 11.8. The van der Waals surface area contributed by atoms with E-state index in [9.17, 15) is 9.90 Å². The zero-order chi connectivity index (χ0) is 15.8. The van der Waals surface area contributed by atoms with Crippen molar-refractivity contribution in [3.63, 3.8) is 0 Å². The third-order valence-electron chi connectivity index (χ3n) is 3.49. The molecule has 0 saturated heterocycles. The molecule has 0 fully saturated rings. The van der Waals surface area contributed by atoms with Crippen molar-refractivity contribution >= 4 is 22.3 Å². The highest BCUT2D eigenvalue weighted by atomic mass is 32.1. The molecule has 0 spiro atoms. The highest BCUT2D eigenvalue weighted by Gasteiger charge is 2.21. The number of fused-ring (bicyclic) bond motifs is 1. The molecule has 4 heterocycles. The van der Waals surface area contributed by atoms with Crippen LogP contribution in [0.15, 0.2) is 52.7 Å². The minimum atomic E-state index is -0.909. The molecule has 0 aliphatic carbocycles. The van der Waals surface area contributed by atoms with Crippen LogP contribution in [0.3, 0.4) is 0 Å². The Balaban J connectivity index is 1.99. The second-order valence-corrected chi connectivity index (χ2v) is 5.77. The molecule has 0 atom stereocenters. The molecule has 7 heteroatoms. The largest absolute Gasteiger partial charge is 0.481 e. The van der Waals surface area contributed by atoms with Gasteiger partial charge in [-0.15, -0.1) is 11.3 Å². The molecule has 1 N–H and O–H groups in total. The van der Waals surface area contributed by atoms with Gasteiger partial charge in [-0.3, -0.25) is 14.2 Å². The van der Waals surface area contributed by atoms with Crippen LogP contribution >= 0.6 is 11.3 Å². The number of hydrogen-bond donors (Lipinski definition) is 1. The number of nitrogens with zero attached hydrogens (tertiary/aromatic N) is 3. The normalized spacial score (nSPS) is 11.1. The third kappa shape index (κ3) is 2.31. The Labute approximate surface area is 134 Å². The Morgan fingerprint density at radius 1 is 1.35 bits per heavy atom. The quantitative estimate of drug-likeness (QED) is 0.622. The van der Waals surface area contributed by atoms with E-state index in [-0.39, 0.29) is 6.42 Å². The lowest BCUT2D eigenvalue weighted by Crippen LogP contribution is -2.05. The Morgan fingerprint density at radius 3 is 2.96 bits per heavy atom. The topological polar surface area (TPSA) is 80.6 Å². The molecule has 4 aromatic heterocycles. The number of pyridine rings is 1. The predicted molar refractivity (Wildman–Crippen MR) is 85.3 cm³/mol. The molecule has 0 aliphatic rings. The predicted octanol–water partition coefficient (Wildman–Crippen LogP) is 3.34. The Hall–Kier alpha value is -2.93. The zero-order valence-corrected chi connectivity index (χ0v) is 12.7. The minimum absolute atomic E-state index is 0.129. The van der Waals surface area contributed by atoms with Crippen LogP contribution in [0.1, 0.15) is 5.69 Å². The van der Waals surface area contributed by atoms with Crippen LogP contribution in [0.25, 0.3) is 27.7 Å². The molecular weight excluding hydrogens is 314 g/mol. The molecule has 114 valence electrons. The first-order chi connectivity index (χ1) is 11.2. The van der Waals surface area contributed by atoms with Crippen molar-refractivity contribution < 1.29 is 14.3 Å². The molecule has 0 unspecified atom stereocenters. The highest BCUT2D eigenvalue weighted by Crippen LogP contribution is 2.33. The lowest BCUT2D eigenvalue weighted by Gasteiger charge is -2.03. The van der Waals surface area contributed by atoms with Crippen LogP contribution in [-0.4, -0.2) is 25.4 Å². The number of hydrogen-bond acceptors (Lipinski definition) is 5. The van der Waals surface area contributed by atoms with E-state index >= 15 is 0 Å². The van der Waals surface area contributed by atoms with Gasteiger partial charge in [0.25, 0.3) is 0 Å². The minimum Gasteiger partial charge on any atom is -0.481 e. The highest BCUT2D eigenvalue weighted by molar-refractivity contribution is 7.15. The summed E-state index contributed by atoms with van der Waals surface area (Å²) in [7, 11) is 0. The van der Waals surface area contributed by atoms with Gasteiger partial charge in [-0.25, -0.2) is 4.98 Å². The molecule has 0 amide bonds. The first kappa shape index (κ1) is 13.7. The molecule has 0 bridgehead atoms. The average Bonchev–Trinajstić information content (AvgIpc) is 3.25. The summed E-state index contributed by atoms with van der Waals surface area (Å²) in [4.78, 5) is 20.8. The van der Waals surface area contributed by atoms with Gasteiger partial charge in [-0.2, -0.15) is 0 Å². The van der Waals surface area contributed by atoms with E-state index in [1.165, 1.54) is 11.3 Å². The molecule has 4 aromatic rings. The summed E-state index contributed by atoms with van der Waals surface area (Å²) in [5.41, 5.74) is 2.85. The fourth-order valence-electron chi connectivity index (χ4n) is 2.55. The Kier molecular flexibility index (Phi) is 3.20. The maximum Gasteiger partial charge on any atom is 0.309 e. The monoisotopic (exact) mass is 325 g/mol. The second-order valence-electron chi connectivity index (χ2n) is 4.94. The SMILES string of the molecule is O=C(O)Cc1c(-c2cccnc2)nc2scc(-c3ccco3)n12.